The molecule has 0 unspecified atom stereocenters. The normalized spacial score (nSPS) is 13.0. The lowest BCUT2D eigenvalue weighted by Gasteiger charge is -2.41. The van der Waals surface area contributed by atoms with Gasteiger partial charge in [0.2, 0.25) is 23.6 Å². The van der Waals surface area contributed by atoms with Crippen molar-refractivity contribution in [3.8, 4) is 11.1 Å². The van der Waals surface area contributed by atoms with Gasteiger partial charge in [0.05, 0.1) is 32.2 Å². The average Bonchev–Trinajstić information content (AvgIpc) is 3.52. The van der Waals surface area contributed by atoms with Gasteiger partial charge >= 0.3 is 5.97 Å². The predicted molar refractivity (Wildman–Crippen MR) is 200 cm³/mol. The summed E-state index contributed by atoms with van der Waals surface area (Å²) < 4.78 is 35.8. The van der Waals surface area contributed by atoms with Gasteiger partial charge in [-0.2, -0.15) is 0 Å². The lowest BCUT2D eigenvalue weighted by Crippen LogP contribution is -2.48. The number of alkyl halides is 1. The average molecular weight is 804 g/mol. The maximum Gasteiger partial charge on any atom is 0.307 e. The summed E-state index contributed by atoms with van der Waals surface area (Å²) in [6, 6.07) is 13.2. The fourth-order valence-electron chi connectivity index (χ4n) is 5.80. The van der Waals surface area contributed by atoms with E-state index in [1.165, 1.54) is 7.11 Å². The van der Waals surface area contributed by atoms with Gasteiger partial charge in [-0.15, -0.1) is 0 Å². The number of ether oxygens (including phenoxy) is 1. The van der Waals surface area contributed by atoms with Crippen LogP contribution in [0.4, 0.5) is 8.78 Å². The highest BCUT2D eigenvalue weighted by Crippen LogP contribution is 2.41. The number of benzene rings is 2. The molecular weight excluding hydrogens is 754 g/mol. The Kier molecular flexibility index (Phi) is 16.1. The summed E-state index contributed by atoms with van der Waals surface area (Å²) in [6.07, 6.45) is 1.87. The summed E-state index contributed by atoms with van der Waals surface area (Å²) in [5, 5.41) is 7.65. The van der Waals surface area contributed by atoms with Gasteiger partial charge in [0.1, 0.15) is 16.5 Å². The molecule has 0 saturated heterocycles. The van der Waals surface area contributed by atoms with E-state index in [9.17, 15) is 28.4 Å². The van der Waals surface area contributed by atoms with Crippen LogP contribution in [-0.2, 0) is 35.3 Å². The highest BCUT2D eigenvalue weighted by molar-refractivity contribution is 9.10. The van der Waals surface area contributed by atoms with Crippen molar-refractivity contribution in [1.29, 1.82) is 0 Å². The second-order valence-electron chi connectivity index (χ2n) is 13.6. The van der Waals surface area contributed by atoms with Gasteiger partial charge in [-0.25, -0.2) is 8.78 Å². The lowest BCUT2D eigenvalue weighted by atomic mass is 9.82. The molecule has 12 nitrogen and oxygen atoms in total. The first kappa shape index (κ1) is 42.8. The Morgan fingerprint density at radius 3 is 2.28 bits per heavy atom. The molecule has 15 heteroatoms. The Hall–Kier alpha value is -4.63. The summed E-state index contributed by atoms with van der Waals surface area (Å²) in [7, 11) is 1.20. The summed E-state index contributed by atoms with van der Waals surface area (Å²) in [6.45, 7) is 8.04. The maximum atomic E-state index is 15.0. The number of hydrogen-bond acceptors (Lipinski definition) is 7. The number of carbonyl (C=O) groups excluding carboxylic acids is 5. The van der Waals surface area contributed by atoms with Crippen molar-refractivity contribution < 1.29 is 37.5 Å². The molecule has 3 atom stereocenters. The number of nitrogens with one attached hydrogen (secondary N) is 3. The third-order valence-corrected chi connectivity index (χ3v) is 9.19. The van der Waals surface area contributed by atoms with Crippen LogP contribution in [0, 0.1) is 17.0 Å². The fourth-order valence-corrected chi connectivity index (χ4v) is 6.23. The molecule has 53 heavy (non-hydrogen) atoms. The van der Waals surface area contributed by atoms with Gasteiger partial charge in [0.25, 0.3) is 0 Å². The van der Waals surface area contributed by atoms with Gasteiger partial charge in [0, 0.05) is 55.6 Å². The minimum Gasteiger partial charge on any atom is -0.469 e. The molecule has 288 valence electrons. The molecule has 0 aliphatic rings. The van der Waals surface area contributed by atoms with Crippen LogP contribution in [-0.4, -0.2) is 83.2 Å². The van der Waals surface area contributed by atoms with E-state index in [4.69, 9.17) is 5.73 Å². The van der Waals surface area contributed by atoms with Crippen LogP contribution >= 0.6 is 15.9 Å². The van der Waals surface area contributed by atoms with Crippen molar-refractivity contribution in [2.75, 3.05) is 33.3 Å². The molecule has 0 spiro atoms. The molecule has 0 aliphatic heterocycles. The molecule has 0 fully saturated rings. The van der Waals surface area contributed by atoms with E-state index < -0.39 is 57.7 Å². The van der Waals surface area contributed by atoms with Crippen LogP contribution in [0.1, 0.15) is 64.3 Å². The van der Waals surface area contributed by atoms with Gasteiger partial charge in [0.15, 0.2) is 0 Å². The van der Waals surface area contributed by atoms with E-state index in [1.807, 2.05) is 55.7 Å². The summed E-state index contributed by atoms with van der Waals surface area (Å²) in [4.78, 5) is 63.0. The van der Waals surface area contributed by atoms with E-state index in [-0.39, 0.29) is 56.9 Å². The van der Waals surface area contributed by atoms with Crippen LogP contribution < -0.4 is 21.7 Å². The van der Waals surface area contributed by atoms with E-state index in [0.29, 0.717) is 17.8 Å². The number of hydrogen-bond donors (Lipinski definition) is 4. The quantitative estimate of drug-likeness (QED) is 0.0851. The number of aromatic nitrogens is 1. The molecule has 0 saturated carbocycles. The van der Waals surface area contributed by atoms with Crippen LogP contribution in [0.3, 0.4) is 0 Å². The monoisotopic (exact) mass is 802 g/mol. The minimum absolute atomic E-state index is 0.0598. The predicted octanol–water partition coefficient (Wildman–Crippen LogP) is 4.20. The van der Waals surface area contributed by atoms with E-state index in [0.717, 1.165) is 23.8 Å². The summed E-state index contributed by atoms with van der Waals surface area (Å²) in [5.74, 6) is -3.44. The van der Waals surface area contributed by atoms with Gasteiger partial charge in [-0.05, 0) is 41.7 Å². The number of nitrogens with zero attached hydrogens (tertiary/aromatic N) is 2. The number of halogens is 3. The number of nitrogens with two attached hydrogens (primary N) is 1. The van der Waals surface area contributed by atoms with Gasteiger partial charge in [-0.1, -0.05) is 74.0 Å². The zero-order chi connectivity index (χ0) is 39.3. The minimum atomic E-state index is -0.989. The molecule has 3 rings (SSSR count). The summed E-state index contributed by atoms with van der Waals surface area (Å²) >= 11 is 3.07. The molecular formula is C38H49BrF2N6O6. The Balaban J connectivity index is 1.72. The van der Waals surface area contributed by atoms with Crippen LogP contribution in [0.2, 0.25) is 0 Å². The molecule has 1 aromatic heterocycles. The Bertz CT molecular complexity index is 1730. The third kappa shape index (κ3) is 12.8. The maximum absolute atomic E-state index is 15.0. The number of carbonyl (C=O) groups is 5. The van der Waals surface area contributed by atoms with Crippen LogP contribution in [0.15, 0.2) is 60.8 Å². The van der Waals surface area contributed by atoms with E-state index in [2.05, 4.69) is 36.6 Å². The largest absolute Gasteiger partial charge is 0.469 e. The first-order valence-electron chi connectivity index (χ1n) is 17.3. The van der Waals surface area contributed by atoms with Crippen molar-refractivity contribution in [2.45, 2.75) is 70.4 Å². The molecule has 3 aromatic rings. The van der Waals surface area contributed by atoms with Crippen LogP contribution in [0.5, 0.6) is 0 Å². The molecule has 1 heterocycles. The fraction of sp³-hybridized carbons (Fsp3) is 0.447. The second-order valence-corrected chi connectivity index (χ2v) is 14.7. The van der Waals surface area contributed by atoms with Gasteiger partial charge in [-0.3, -0.25) is 24.0 Å². The zero-order valence-electron chi connectivity index (χ0n) is 30.7. The van der Waals surface area contributed by atoms with Crippen molar-refractivity contribution >= 4 is 45.5 Å². The van der Waals surface area contributed by atoms with E-state index in [1.54, 1.807) is 24.1 Å². The first-order chi connectivity index (χ1) is 25.0. The SMILES string of the molecule is CCC(=O)N(CC[C@H](N)C(=O)NCCNC(=O)CNC(=O)[C@@H](Br)CC(=O)OC)[C@@H](c1cc(-c2cc(F)ccc2F)cn1Cc1ccccc1)C(C)(C)C. The smallest absolute Gasteiger partial charge is 0.307 e. The van der Waals surface area contributed by atoms with Crippen molar-refractivity contribution in [2.24, 2.45) is 11.1 Å². The van der Waals surface area contributed by atoms with Gasteiger partial charge < -0.3 is 35.9 Å². The number of rotatable bonds is 18. The number of esters is 1. The van der Waals surface area contributed by atoms with E-state index >= 15 is 4.39 Å². The standard InChI is InChI=1S/C38H49BrF2N6O6/c1-6-33(49)47(17-14-30(42)37(52)44-16-15-43-32(48)21-45-36(51)28(39)20-34(50)53-5)35(38(2,3)4)31-18-25(27-19-26(40)12-13-29(27)41)23-46(31)22-24-10-8-7-9-11-24/h7-13,18-19,23,28,30,35H,6,14-17,20-22,42H2,1-5H3,(H,43,48)(H,44,52)(H,45,51)/t28-,30-,35-/m0/s1. The van der Waals surface area contributed by atoms with Crippen molar-refractivity contribution in [3.63, 3.8) is 0 Å². The molecule has 2 aromatic carbocycles. The Labute approximate surface area is 317 Å². The zero-order valence-corrected chi connectivity index (χ0v) is 32.3. The molecule has 0 radical (unpaired) electrons. The first-order valence-corrected chi connectivity index (χ1v) is 18.2. The van der Waals surface area contributed by atoms with Crippen molar-refractivity contribution in [3.05, 3.63) is 83.7 Å². The lowest BCUT2D eigenvalue weighted by molar-refractivity contribution is -0.141. The molecule has 4 amide bonds. The molecule has 5 N–H and O–H groups in total. The molecule has 0 aliphatic carbocycles. The van der Waals surface area contributed by atoms with Crippen LogP contribution in [0.25, 0.3) is 11.1 Å². The van der Waals surface area contributed by atoms with Crippen molar-refractivity contribution in [1.82, 2.24) is 25.4 Å². The second kappa shape index (κ2) is 20.0. The third-order valence-electron chi connectivity index (χ3n) is 8.45. The topological polar surface area (TPSA) is 165 Å². The Morgan fingerprint density at radius 1 is 0.962 bits per heavy atom. The summed E-state index contributed by atoms with van der Waals surface area (Å²) in [5.41, 5.74) is 7.99. The number of methoxy groups -OCH3 is 1. The molecule has 0 bridgehead atoms. The highest BCUT2D eigenvalue weighted by atomic mass is 79.9. The Morgan fingerprint density at radius 2 is 1.64 bits per heavy atom. The number of amides is 4. The highest BCUT2D eigenvalue weighted by Gasteiger charge is 2.37.